The zero-order valence-corrected chi connectivity index (χ0v) is 18.5. The molecule has 0 aliphatic carbocycles. The number of aliphatic hydroxyl groups excluding tert-OH is 1. The monoisotopic (exact) mass is 544 g/mol. The number of nitrogens with zero attached hydrogens (tertiary/aromatic N) is 1. The summed E-state index contributed by atoms with van der Waals surface area (Å²) in [5.74, 6) is 0.135. The normalized spacial score (nSPS) is 29.8. The van der Waals surface area contributed by atoms with Crippen LogP contribution in [0.3, 0.4) is 0 Å². The number of halogens is 2. The molecule has 0 amide bonds. The molecular formula is C11H13F2N2O13P3S. The number of aliphatic hydroxyl groups is 1. The predicted molar refractivity (Wildman–Crippen MR) is 98.3 cm³/mol. The Morgan fingerprint density at radius 2 is 1.88 bits per heavy atom. The maximum atomic E-state index is 15.2. The van der Waals surface area contributed by atoms with Crippen LogP contribution in [0.15, 0.2) is 11.0 Å². The Morgan fingerprint density at radius 1 is 1.28 bits per heavy atom. The van der Waals surface area contributed by atoms with E-state index < -0.39 is 70.3 Å². The van der Waals surface area contributed by atoms with Crippen molar-refractivity contribution in [3.05, 3.63) is 27.1 Å². The molecule has 2 heterocycles. The second-order valence-corrected chi connectivity index (χ2v) is 10.7. The van der Waals surface area contributed by atoms with E-state index in [0.29, 0.717) is 10.8 Å². The molecule has 15 nitrogen and oxygen atoms in total. The van der Waals surface area contributed by atoms with Gasteiger partial charge in [0.25, 0.3) is 5.56 Å². The third kappa shape index (κ3) is 6.25. The lowest BCUT2D eigenvalue weighted by atomic mass is 9.97. The summed E-state index contributed by atoms with van der Waals surface area (Å²) in [4.78, 5) is 48.5. The van der Waals surface area contributed by atoms with Crippen LogP contribution in [0.5, 0.6) is 0 Å². The highest BCUT2D eigenvalue weighted by Crippen LogP contribution is 2.66. The lowest BCUT2D eigenvalue weighted by Crippen LogP contribution is -2.42. The van der Waals surface area contributed by atoms with Gasteiger partial charge in [0, 0.05) is 0 Å². The van der Waals surface area contributed by atoms with Crippen molar-refractivity contribution in [3.63, 3.8) is 0 Å². The van der Waals surface area contributed by atoms with Crippen molar-refractivity contribution < 1.29 is 65.0 Å². The number of alkyl halides is 1. The second kappa shape index (κ2) is 9.24. The van der Waals surface area contributed by atoms with Gasteiger partial charge in [-0.05, 0) is 12.2 Å². The first-order valence-electron chi connectivity index (χ1n) is 7.70. The molecule has 2 rings (SSSR count). The summed E-state index contributed by atoms with van der Waals surface area (Å²) in [6, 6.07) is 0. The minimum absolute atomic E-state index is 0.426. The van der Waals surface area contributed by atoms with Crippen molar-refractivity contribution in [2.45, 2.75) is 24.1 Å². The number of H-pyrrole nitrogens is 1. The number of aromatic amines is 1. The standard InChI is InChI=1S/C11H13F2N2O13P3S/c1-2-11(13)7(16)6(26-9(11)15-3-5(12)8(17)14-10(15)32)4-25-30(21,22)28-31(23,24)27-29(18,19)20/h1,3,6-7,9,16H,4H2,(H,21,22)(H,23,24)(H,14,17,32)(H2,18,19,20)/t6-,7+,9-,11?/m1/s1. The van der Waals surface area contributed by atoms with Crippen LogP contribution < -0.4 is 5.56 Å². The van der Waals surface area contributed by atoms with Crippen LogP contribution in [0.25, 0.3) is 0 Å². The Kier molecular flexibility index (Phi) is 7.83. The lowest BCUT2D eigenvalue weighted by molar-refractivity contribution is -0.0530. The summed E-state index contributed by atoms with van der Waals surface area (Å²) in [6.45, 7) is -1.26. The Morgan fingerprint density at radius 3 is 2.41 bits per heavy atom. The molecule has 1 fully saturated rings. The van der Waals surface area contributed by atoms with Gasteiger partial charge in [0.2, 0.25) is 11.5 Å². The predicted octanol–water partition coefficient (Wildman–Crippen LogP) is -0.0119. The third-order valence-corrected chi connectivity index (χ3v) is 7.78. The van der Waals surface area contributed by atoms with Crippen molar-refractivity contribution in [1.82, 2.24) is 9.55 Å². The summed E-state index contributed by atoms with van der Waals surface area (Å²) in [6.07, 6.45) is -0.783. The molecule has 0 saturated carbocycles. The van der Waals surface area contributed by atoms with Crippen LogP contribution in [-0.2, 0) is 31.6 Å². The first-order chi connectivity index (χ1) is 14.4. The van der Waals surface area contributed by atoms with E-state index in [0.717, 1.165) is 0 Å². The molecule has 6 atom stereocenters. The zero-order chi connectivity index (χ0) is 24.7. The number of rotatable bonds is 8. The fourth-order valence-electron chi connectivity index (χ4n) is 2.42. The number of hydrogen-bond donors (Lipinski definition) is 6. The first-order valence-corrected chi connectivity index (χ1v) is 12.6. The molecule has 0 radical (unpaired) electrons. The van der Waals surface area contributed by atoms with E-state index in [-0.39, 0.29) is 0 Å². The first kappa shape index (κ1) is 27.1. The highest BCUT2D eigenvalue weighted by atomic mass is 32.1. The van der Waals surface area contributed by atoms with Gasteiger partial charge in [-0.2, -0.15) is 13.0 Å². The summed E-state index contributed by atoms with van der Waals surface area (Å²) < 4.78 is 78.8. The second-order valence-electron chi connectivity index (χ2n) is 5.91. The van der Waals surface area contributed by atoms with Crippen LogP contribution in [0, 0.1) is 22.9 Å². The van der Waals surface area contributed by atoms with Gasteiger partial charge in [0.1, 0.15) is 12.2 Å². The van der Waals surface area contributed by atoms with Gasteiger partial charge < -0.3 is 29.4 Å². The van der Waals surface area contributed by atoms with Crippen molar-refractivity contribution in [2.75, 3.05) is 6.61 Å². The molecule has 21 heteroatoms. The molecule has 6 N–H and O–H groups in total. The average molecular weight is 544 g/mol. The van der Waals surface area contributed by atoms with Crippen LogP contribution in [-0.4, -0.2) is 58.7 Å². The van der Waals surface area contributed by atoms with Crippen LogP contribution >= 0.6 is 35.7 Å². The summed E-state index contributed by atoms with van der Waals surface area (Å²) >= 11 is 4.76. The summed E-state index contributed by atoms with van der Waals surface area (Å²) in [7, 11) is -17.1. The van der Waals surface area contributed by atoms with Crippen LogP contribution in [0.2, 0.25) is 0 Å². The van der Waals surface area contributed by atoms with Crippen LogP contribution in [0.1, 0.15) is 6.23 Å². The molecule has 180 valence electrons. The van der Waals surface area contributed by atoms with E-state index in [1.807, 2.05) is 4.98 Å². The highest BCUT2D eigenvalue weighted by Gasteiger charge is 2.58. The van der Waals surface area contributed by atoms with Gasteiger partial charge in [-0.1, -0.05) is 5.92 Å². The van der Waals surface area contributed by atoms with Gasteiger partial charge in [-0.3, -0.25) is 18.9 Å². The number of hydrogen-bond acceptors (Lipinski definition) is 10. The molecule has 1 aliphatic rings. The van der Waals surface area contributed by atoms with E-state index in [9.17, 15) is 32.9 Å². The molecule has 1 saturated heterocycles. The summed E-state index contributed by atoms with van der Waals surface area (Å²) in [5, 5.41) is 10.2. The van der Waals surface area contributed by atoms with E-state index in [1.54, 1.807) is 5.92 Å². The quantitative estimate of drug-likeness (QED) is 0.144. The highest BCUT2D eigenvalue weighted by molar-refractivity contribution is 7.71. The van der Waals surface area contributed by atoms with Crippen molar-refractivity contribution in [3.8, 4) is 12.3 Å². The Bertz CT molecular complexity index is 1190. The van der Waals surface area contributed by atoms with Crippen molar-refractivity contribution in [1.29, 1.82) is 0 Å². The van der Waals surface area contributed by atoms with Gasteiger partial charge >= 0.3 is 23.5 Å². The fraction of sp³-hybridized carbons (Fsp3) is 0.455. The molecule has 3 unspecified atom stereocenters. The maximum absolute atomic E-state index is 15.2. The SMILES string of the molecule is C#CC1(F)[C@@H](O)[C@@H](COP(=O)(O)OP(=O)(O)OP(=O)(O)O)O[C@H]1n1cc(F)c(=O)[nH]c1=S. The van der Waals surface area contributed by atoms with Gasteiger partial charge in [-0.25, -0.2) is 18.1 Å². The number of terminal acetylenes is 1. The molecule has 0 spiro atoms. The van der Waals surface area contributed by atoms with Crippen molar-refractivity contribution in [2.24, 2.45) is 0 Å². The molecule has 1 aromatic rings. The molecule has 1 aromatic heterocycles. The van der Waals surface area contributed by atoms with Gasteiger partial charge in [-0.15, -0.1) is 6.42 Å². The minimum Gasteiger partial charge on any atom is -0.386 e. The number of nitrogens with one attached hydrogen (secondary N) is 1. The van der Waals surface area contributed by atoms with Crippen molar-refractivity contribution >= 4 is 35.7 Å². The zero-order valence-electron chi connectivity index (χ0n) is 15.0. The number of phosphoric acid groups is 3. The van der Waals surface area contributed by atoms with Crippen LogP contribution in [0.4, 0.5) is 8.78 Å². The molecular weight excluding hydrogens is 531 g/mol. The molecule has 32 heavy (non-hydrogen) atoms. The Labute approximate surface area is 181 Å². The third-order valence-electron chi connectivity index (χ3n) is 3.66. The van der Waals surface area contributed by atoms with Gasteiger partial charge in [0.15, 0.2) is 11.0 Å². The van der Waals surface area contributed by atoms with E-state index in [4.69, 9.17) is 38.1 Å². The molecule has 0 aromatic carbocycles. The maximum Gasteiger partial charge on any atom is 0.490 e. The number of phosphoric ester groups is 1. The minimum atomic E-state index is -5.82. The van der Waals surface area contributed by atoms with E-state index in [2.05, 4.69) is 13.1 Å². The Balaban J connectivity index is 2.23. The topological polar surface area (TPSA) is 227 Å². The largest absolute Gasteiger partial charge is 0.490 e. The molecule has 0 bridgehead atoms. The number of ether oxygens (including phenoxy) is 1. The Hall–Kier alpha value is -1.15. The number of aromatic nitrogens is 2. The summed E-state index contributed by atoms with van der Waals surface area (Å²) in [5.41, 5.74) is -4.40. The lowest BCUT2D eigenvalue weighted by Gasteiger charge is -2.24. The van der Waals surface area contributed by atoms with Gasteiger partial charge in [0.05, 0.1) is 12.8 Å². The van der Waals surface area contributed by atoms with E-state index >= 15 is 4.39 Å². The average Bonchev–Trinajstić information content (AvgIpc) is 2.85. The van der Waals surface area contributed by atoms with E-state index in [1.165, 1.54) is 0 Å². The molecule has 1 aliphatic heterocycles. The fourth-order valence-corrected chi connectivity index (χ4v) is 5.69. The smallest absolute Gasteiger partial charge is 0.386 e.